The van der Waals surface area contributed by atoms with Crippen LogP contribution >= 0.6 is 22.7 Å². The number of likely N-dealkylation sites (N-methyl/N-ethyl adjacent to an activating group) is 1. The standard InChI is InChI=1S/C16H16N2OS2/c1-11-17-15(10-21-11)12-5-6-13(8-12)16(19)18(2)9-14-4-3-7-20-14/h3-5,7-8,10H,6,9H2,1-2H3. The maximum Gasteiger partial charge on any atom is 0.250 e. The Bertz CT molecular complexity index is 710. The van der Waals surface area contributed by atoms with Crippen LogP contribution in [0.15, 0.2) is 40.6 Å². The van der Waals surface area contributed by atoms with E-state index in [4.69, 9.17) is 0 Å². The molecular weight excluding hydrogens is 300 g/mol. The molecule has 0 N–H and O–H groups in total. The van der Waals surface area contributed by atoms with Crippen LogP contribution in [-0.2, 0) is 11.3 Å². The van der Waals surface area contributed by atoms with Gasteiger partial charge in [0, 0.05) is 22.9 Å². The van der Waals surface area contributed by atoms with Crippen LogP contribution in [-0.4, -0.2) is 22.8 Å². The van der Waals surface area contributed by atoms with Crippen LogP contribution in [0.3, 0.4) is 0 Å². The highest BCUT2D eigenvalue weighted by Crippen LogP contribution is 2.28. The summed E-state index contributed by atoms with van der Waals surface area (Å²) >= 11 is 3.31. The van der Waals surface area contributed by atoms with Gasteiger partial charge in [0.1, 0.15) is 0 Å². The lowest BCUT2D eigenvalue weighted by Gasteiger charge is -2.16. The molecule has 5 heteroatoms. The highest BCUT2D eigenvalue weighted by atomic mass is 32.1. The summed E-state index contributed by atoms with van der Waals surface area (Å²) in [5, 5.41) is 5.13. The van der Waals surface area contributed by atoms with Gasteiger partial charge in [0.2, 0.25) is 5.91 Å². The van der Waals surface area contributed by atoms with Gasteiger partial charge in [-0.15, -0.1) is 22.7 Å². The molecule has 1 amide bonds. The molecular formula is C16H16N2OS2. The molecule has 2 aromatic rings. The van der Waals surface area contributed by atoms with Crippen molar-refractivity contribution in [2.75, 3.05) is 7.05 Å². The first-order valence-corrected chi connectivity index (χ1v) is 8.50. The second-order valence-corrected chi connectivity index (χ2v) is 7.12. The zero-order valence-corrected chi connectivity index (χ0v) is 13.6. The maximum absolute atomic E-state index is 12.5. The Labute approximate surface area is 132 Å². The largest absolute Gasteiger partial charge is 0.337 e. The molecule has 3 nitrogen and oxygen atoms in total. The van der Waals surface area contributed by atoms with Crippen LogP contribution in [0.25, 0.3) is 5.57 Å². The van der Waals surface area contributed by atoms with Gasteiger partial charge in [-0.1, -0.05) is 12.1 Å². The molecule has 0 bridgehead atoms. The van der Waals surface area contributed by atoms with Gasteiger partial charge in [0.15, 0.2) is 0 Å². The summed E-state index contributed by atoms with van der Waals surface area (Å²) in [6, 6.07) is 4.07. The summed E-state index contributed by atoms with van der Waals surface area (Å²) in [5.41, 5.74) is 2.88. The molecule has 0 aromatic carbocycles. The number of hydrogen-bond acceptors (Lipinski definition) is 4. The number of aromatic nitrogens is 1. The highest BCUT2D eigenvalue weighted by Gasteiger charge is 2.19. The lowest BCUT2D eigenvalue weighted by Crippen LogP contribution is -2.26. The third kappa shape index (κ3) is 3.14. The summed E-state index contributed by atoms with van der Waals surface area (Å²) in [7, 11) is 1.86. The second-order valence-electron chi connectivity index (χ2n) is 5.03. The average Bonchev–Trinajstić information content (AvgIpc) is 3.17. The Morgan fingerprint density at radius 3 is 2.95 bits per heavy atom. The molecule has 3 rings (SSSR count). The van der Waals surface area contributed by atoms with E-state index < -0.39 is 0 Å². The molecule has 1 aliphatic carbocycles. The predicted molar refractivity (Wildman–Crippen MR) is 88.3 cm³/mol. The summed E-state index contributed by atoms with van der Waals surface area (Å²) in [4.78, 5) is 19.9. The van der Waals surface area contributed by atoms with E-state index in [1.807, 2.05) is 36.9 Å². The van der Waals surface area contributed by atoms with E-state index in [0.717, 1.165) is 21.8 Å². The van der Waals surface area contributed by atoms with Gasteiger partial charge in [-0.3, -0.25) is 4.79 Å². The summed E-state index contributed by atoms with van der Waals surface area (Å²) in [6.07, 6.45) is 4.75. The molecule has 2 heterocycles. The van der Waals surface area contributed by atoms with Crippen molar-refractivity contribution in [1.29, 1.82) is 0 Å². The minimum absolute atomic E-state index is 0.0987. The van der Waals surface area contributed by atoms with E-state index >= 15 is 0 Å². The van der Waals surface area contributed by atoms with Crippen LogP contribution in [0.1, 0.15) is 22.0 Å². The van der Waals surface area contributed by atoms with E-state index in [2.05, 4.69) is 17.1 Å². The fraction of sp³-hybridized carbons (Fsp3) is 0.250. The Kier molecular flexibility index (Phi) is 4.03. The van der Waals surface area contributed by atoms with E-state index in [0.29, 0.717) is 13.0 Å². The predicted octanol–water partition coefficient (Wildman–Crippen LogP) is 3.89. The molecule has 2 aromatic heterocycles. The fourth-order valence-electron chi connectivity index (χ4n) is 2.30. The van der Waals surface area contributed by atoms with Gasteiger partial charge in [-0.05, 0) is 36.4 Å². The number of thiazole rings is 1. The molecule has 1 aliphatic rings. The first-order valence-electron chi connectivity index (χ1n) is 6.74. The molecule has 0 unspecified atom stereocenters. The fourth-order valence-corrected chi connectivity index (χ4v) is 3.68. The molecule has 108 valence electrons. The van der Waals surface area contributed by atoms with Gasteiger partial charge in [-0.25, -0.2) is 4.98 Å². The van der Waals surface area contributed by atoms with Gasteiger partial charge in [0.25, 0.3) is 0 Å². The Hall–Kier alpha value is -1.72. The molecule has 0 spiro atoms. The number of allylic oxidation sites excluding steroid dienone is 3. The van der Waals surface area contributed by atoms with Crippen LogP contribution in [0, 0.1) is 6.92 Å². The second kappa shape index (κ2) is 5.95. The smallest absolute Gasteiger partial charge is 0.250 e. The average molecular weight is 316 g/mol. The molecule has 0 saturated carbocycles. The van der Waals surface area contributed by atoms with Crippen molar-refractivity contribution in [2.24, 2.45) is 0 Å². The number of aryl methyl sites for hydroxylation is 1. The van der Waals surface area contributed by atoms with Crippen molar-refractivity contribution in [3.05, 3.63) is 56.2 Å². The number of carbonyl (C=O) groups is 1. The first-order chi connectivity index (χ1) is 10.1. The van der Waals surface area contributed by atoms with Crippen molar-refractivity contribution in [1.82, 2.24) is 9.88 Å². The minimum atomic E-state index is 0.0987. The SMILES string of the molecule is Cc1nc(C2=CCC(C(=O)N(C)Cc3cccs3)=C2)cs1. The number of hydrogen-bond donors (Lipinski definition) is 0. The third-order valence-corrected chi connectivity index (χ3v) is 5.02. The summed E-state index contributed by atoms with van der Waals surface area (Å²) < 4.78 is 0. The number of carbonyl (C=O) groups excluding carboxylic acids is 1. The molecule has 0 radical (unpaired) electrons. The van der Waals surface area contributed by atoms with Crippen molar-refractivity contribution in [3.8, 4) is 0 Å². The Balaban J connectivity index is 1.69. The zero-order valence-electron chi connectivity index (χ0n) is 12.0. The molecule has 21 heavy (non-hydrogen) atoms. The highest BCUT2D eigenvalue weighted by molar-refractivity contribution is 7.10. The molecule has 0 atom stereocenters. The lowest BCUT2D eigenvalue weighted by molar-refractivity contribution is -0.126. The van der Waals surface area contributed by atoms with Crippen molar-refractivity contribution >= 4 is 34.2 Å². The summed E-state index contributed by atoms with van der Waals surface area (Å²) in [5.74, 6) is 0.0987. The van der Waals surface area contributed by atoms with E-state index in [1.54, 1.807) is 27.6 Å². The number of nitrogens with zero attached hydrogens (tertiary/aromatic N) is 2. The van der Waals surface area contributed by atoms with Gasteiger partial charge < -0.3 is 4.90 Å². The minimum Gasteiger partial charge on any atom is -0.337 e. The van der Waals surface area contributed by atoms with Crippen LogP contribution in [0.2, 0.25) is 0 Å². The number of thiophene rings is 1. The zero-order chi connectivity index (χ0) is 14.8. The maximum atomic E-state index is 12.5. The van der Waals surface area contributed by atoms with Crippen molar-refractivity contribution < 1.29 is 4.79 Å². The van der Waals surface area contributed by atoms with E-state index in [1.165, 1.54) is 4.88 Å². The van der Waals surface area contributed by atoms with Gasteiger partial charge in [-0.2, -0.15) is 0 Å². The Morgan fingerprint density at radius 2 is 2.29 bits per heavy atom. The Morgan fingerprint density at radius 1 is 1.43 bits per heavy atom. The van der Waals surface area contributed by atoms with Crippen molar-refractivity contribution in [3.63, 3.8) is 0 Å². The molecule has 0 saturated heterocycles. The topological polar surface area (TPSA) is 33.2 Å². The number of amides is 1. The monoisotopic (exact) mass is 316 g/mol. The van der Waals surface area contributed by atoms with Crippen LogP contribution in [0.4, 0.5) is 0 Å². The van der Waals surface area contributed by atoms with Crippen molar-refractivity contribution in [2.45, 2.75) is 19.9 Å². The van der Waals surface area contributed by atoms with E-state index in [-0.39, 0.29) is 5.91 Å². The van der Waals surface area contributed by atoms with Gasteiger partial charge >= 0.3 is 0 Å². The summed E-state index contributed by atoms with van der Waals surface area (Å²) in [6.45, 7) is 2.66. The first kappa shape index (κ1) is 14.2. The van der Waals surface area contributed by atoms with Crippen LogP contribution < -0.4 is 0 Å². The lowest BCUT2D eigenvalue weighted by atomic mass is 10.2. The normalized spacial score (nSPS) is 14.0. The quantitative estimate of drug-likeness (QED) is 0.857. The number of rotatable bonds is 4. The van der Waals surface area contributed by atoms with E-state index in [9.17, 15) is 4.79 Å². The van der Waals surface area contributed by atoms with Crippen LogP contribution in [0.5, 0.6) is 0 Å². The molecule has 0 fully saturated rings. The van der Waals surface area contributed by atoms with Gasteiger partial charge in [0.05, 0.1) is 17.2 Å². The third-order valence-electron chi connectivity index (χ3n) is 3.38. The molecule has 0 aliphatic heterocycles.